The van der Waals surface area contributed by atoms with Crippen molar-refractivity contribution < 1.29 is 0 Å². The highest BCUT2D eigenvalue weighted by Gasteiger charge is 2.25. The minimum absolute atomic E-state index is 0.709. The Morgan fingerprint density at radius 2 is 2.19 bits per heavy atom. The maximum absolute atomic E-state index is 6.00. The summed E-state index contributed by atoms with van der Waals surface area (Å²) in [4.78, 5) is 2.37. The van der Waals surface area contributed by atoms with Crippen LogP contribution in [-0.2, 0) is 0 Å². The predicted molar refractivity (Wildman–Crippen MR) is 71.0 cm³/mol. The van der Waals surface area contributed by atoms with E-state index in [2.05, 4.69) is 18.7 Å². The first kappa shape index (κ1) is 11.6. The molecule has 0 radical (unpaired) electrons. The van der Waals surface area contributed by atoms with E-state index in [0.717, 1.165) is 36.3 Å². The summed E-state index contributed by atoms with van der Waals surface area (Å²) in [5.74, 6) is 1.54. The van der Waals surface area contributed by atoms with Crippen LogP contribution in [0, 0.1) is 11.8 Å². The SMILES string of the molecule is CC(C)C1CCN(c2ccc(Cl)cc2N)C1. The summed E-state index contributed by atoms with van der Waals surface area (Å²) in [5, 5.41) is 0.709. The third-order valence-corrected chi connectivity index (χ3v) is 3.73. The van der Waals surface area contributed by atoms with E-state index in [-0.39, 0.29) is 0 Å². The third kappa shape index (κ3) is 2.27. The molecule has 0 aromatic heterocycles. The van der Waals surface area contributed by atoms with Crippen molar-refractivity contribution >= 4 is 23.0 Å². The number of nitrogens with two attached hydrogens (primary N) is 1. The largest absolute Gasteiger partial charge is 0.397 e. The number of anilines is 2. The Morgan fingerprint density at radius 3 is 2.75 bits per heavy atom. The van der Waals surface area contributed by atoms with Gasteiger partial charge in [0.25, 0.3) is 0 Å². The zero-order valence-electron chi connectivity index (χ0n) is 9.91. The summed E-state index contributed by atoms with van der Waals surface area (Å²) in [6, 6.07) is 5.77. The van der Waals surface area contributed by atoms with Crippen molar-refractivity contribution in [2.24, 2.45) is 11.8 Å². The lowest BCUT2D eigenvalue weighted by Gasteiger charge is -2.21. The molecular formula is C13H19ClN2. The molecule has 0 aliphatic carbocycles. The van der Waals surface area contributed by atoms with Crippen LogP contribution in [0.5, 0.6) is 0 Å². The van der Waals surface area contributed by atoms with Gasteiger partial charge in [0.2, 0.25) is 0 Å². The van der Waals surface area contributed by atoms with Crippen LogP contribution < -0.4 is 10.6 Å². The van der Waals surface area contributed by atoms with Gasteiger partial charge in [-0.15, -0.1) is 0 Å². The van der Waals surface area contributed by atoms with Crippen LogP contribution in [0.1, 0.15) is 20.3 Å². The van der Waals surface area contributed by atoms with Gasteiger partial charge in [-0.1, -0.05) is 25.4 Å². The molecule has 1 unspecified atom stereocenters. The Bertz CT molecular complexity index is 376. The van der Waals surface area contributed by atoms with Crippen LogP contribution in [0.15, 0.2) is 18.2 Å². The zero-order chi connectivity index (χ0) is 11.7. The van der Waals surface area contributed by atoms with Crippen LogP contribution in [0.3, 0.4) is 0 Å². The van der Waals surface area contributed by atoms with E-state index in [9.17, 15) is 0 Å². The molecule has 2 nitrogen and oxygen atoms in total. The van der Waals surface area contributed by atoms with E-state index >= 15 is 0 Å². The first-order valence-corrected chi connectivity index (χ1v) is 6.25. The van der Waals surface area contributed by atoms with Crippen molar-refractivity contribution in [3.63, 3.8) is 0 Å². The molecule has 1 aliphatic heterocycles. The standard InChI is InChI=1S/C13H19ClN2/c1-9(2)10-5-6-16(8-10)13-4-3-11(14)7-12(13)15/h3-4,7,9-10H,5-6,8,15H2,1-2H3. The average Bonchev–Trinajstić information content (AvgIpc) is 2.66. The Balaban J connectivity index is 2.14. The fourth-order valence-corrected chi connectivity index (χ4v) is 2.54. The van der Waals surface area contributed by atoms with E-state index < -0.39 is 0 Å². The van der Waals surface area contributed by atoms with Gasteiger partial charge in [0, 0.05) is 18.1 Å². The number of rotatable bonds is 2. The summed E-state index contributed by atoms with van der Waals surface area (Å²) < 4.78 is 0. The zero-order valence-corrected chi connectivity index (χ0v) is 10.7. The summed E-state index contributed by atoms with van der Waals surface area (Å²) in [5.41, 5.74) is 7.92. The van der Waals surface area contributed by atoms with Crippen LogP contribution in [-0.4, -0.2) is 13.1 Å². The molecule has 2 rings (SSSR count). The van der Waals surface area contributed by atoms with Crippen molar-refractivity contribution in [3.05, 3.63) is 23.2 Å². The summed E-state index contributed by atoms with van der Waals surface area (Å²) in [7, 11) is 0. The molecule has 0 amide bonds. The van der Waals surface area contributed by atoms with Crippen LogP contribution in [0.25, 0.3) is 0 Å². The molecule has 2 N–H and O–H groups in total. The second kappa shape index (κ2) is 4.54. The second-order valence-electron chi connectivity index (χ2n) is 4.94. The lowest BCUT2D eigenvalue weighted by molar-refractivity contribution is 0.423. The van der Waals surface area contributed by atoms with Crippen molar-refractivity contribution in [1.29, 1.82) is 0 Å². The van der Waals surface area contributed by atoms with Crippen molar-refractivity contribution in [3.8, 4) is 0 Å². The van der Waals surface area contributed by atoms with Crippen molar-refractivity contribution in [2.75, 3.05) is 23.7 Å². The fourth-order valence-electron chi connectivity index (χ4n) is 2.36. The Labute approximate surface area is 102 Å². The highest BCUT2D eigenvalue weighted by atomic mass is 35.5. The normalized spacial score (nSPS) is 20.8. The Kier molecular flexibility index (Phi) is 3.29. The number of nitrogen functional groups attached to an aromatic ring is 1. The smallest absolute Gasteiger partial charge is 0.0601 e. The van der Waals surface area contributed by atoms with Crippen LogP contribution in [0.4, 0.5) is 11.4 Å². The molecule has 1 saturated heterocycles. The average molecular weight is 239 g/mol. The number of nitrogens with zero attached hydrogens (tertiary/aromatic N) is 1. The molecule has 0 saturated carbocycles. The number of hydrogen-bond acceptors (Lipinski definition) is 2. The Morgan fingerprint density at radius 1 is 1.44 bits per heavy atom. The molecule has 0 bridgehead atoms. The third-order valence-electron chi connectivity index (χ3n) is 3.50. The molecule has 16 heavy (non-hydrogen) atoms. The molecule has 1 aromatic rings. The van der Waals surface area contributed by atoms with E-state index in [1.54, 1.807) is 0 Å². The topological polar surface area (TPSA) is 29.3 Å². The summed E-state index contributed by atoms with van der Waals surface area (Å²) in [6.45, 7) is 6.80. The van der Waals surface area contributed by atoms with Crippen molar-refractivity contribution in [1.82, 2.24) is 0 Å². The highest BCUT2D eigenvalue weighted by Crippen LogP contribution is 2.32. The molecule has 1 aromatic carbocycles. The van der Waals surface area contributed by atoms with Gasteiger partial charge in [0.05, 0.1) is 11.4 Å². The van der Waals surface area contributed by atoms with E-state index in [4.69, 9.17) is 17.3 Å². The van der Waals surface area contributed by atoms with E-state index in [1.165, 1.54) is 6.42 Å². The summed E-state index contributed by atoms with van der Waals surface area (Å²) in [6.07, 6.45) is 1.26. The summed E-state index contributed by atoms with van der Waals surface area (Å²) >= 11 is 5.90. The molecular weight excluding hydrogens is 220 g/mol. The van der Waals surface area contributed by atoms with Gasteiger partial charge in [0.15, 0.2) is 0 Å². The lowest BCUT2D eigenvalue weighted by Crippen LogP contribution is -2.22. The van der Waals surface area contributed by atoms with Crippen LogP contribution in [0.2, 0.25) is 5.02 Å². The maximum atomic E-state index is 6.00. The molecule has 1 fully saturated rings. The predicted octanol–water partition coefficient (Wildman–Crippen LogP) is 3.40. The first-order valence-electron chi connectivity index (χ1n) is 5.88. The number of hydrogen-bond donors (Lipinski definition) is 1. The fraction of sp³-hybridized carbons (Fsp3) is 0.538. The molecule has 1 heterocycles. The molecule has 0 spiro atoms. The second-order valence-corrected chi connectivity index (χ2v) is 5.38. The first-order chi connectivity index (χ1) is 7.58. The van der Waals surface area contributed by atoms with E-state index in [1.807, 2.05) is 18.2 Å². The molecule has 1 atom stereocenters. The highest BCUT2D eigenvalue weighted by molar-refractivity contribution is 6.31. The minimum Gasteiger partial charge on any atom is -0.397 e. The van der Waals surface area contributed by atoms with Crippen molar-refractivity contribution in [2.45, 2.75) is 20.3 Å². The number of halogens is 1. The monoisotopic (exact) mass is 238 g/mol. The molecule has 3 heteroatoms. The van der Waals surface area contributed by atoms with E-state index in [0.29, 0.717) is 5.02 Å². The maximum Gasteiger partial charge on any atom is 0.0601 e. The van der Waals surface area contributed by atoms with Gasteiger partial charge in [-0.3, -0.25) is 0 Å². The van der Waals surface area contributed by atoms with Crippen LogP contribution >= 0.6 is 11.6 Å². The van der Waals surface area contributed by atoms with Gasteiger partial charge in [-0.05, 0) is 36.5 Å². The Hall–Kier alpha value is -0.890. The van der Waals surface area contributed by atoms with Gasteiger partial charge in [0.1, 0.15) is 0 Å². The number of benzene rings is 1. The lowest BCUT2D eigenvalue weighted by atomic mass is 9.95. The minimum atomic E-state index is 0.709. The van der Waals surface area contributed by atoms with Gasteiger partial charge in [-0.2, -0.15) is 0 Å². The van der Waals surface area contributed by atoms with Gasteiger partial charge < -0.3 is 10.6 Å². The van der Waals surface area contributed by atoms with Gasteiger partial charge >= 0.3 is 0 Å². The molecule has 1 aliphatic rings. The quantitative estimate of drug-likeness (QED) is 0.801. The molecule has 88 valence electrons. The van der Waals surface area contributed by atoms with Gasteiger partial charge in [-0.25, -0.2) is 0 Å².